The largest absolute Gasteiger partial charge is 0.507 e. The van der Waals surface area contributed by atoms with Crippen molar-refractivity contribution < 1.29 is 38.4 Å². The van der Waals surface area contributed by atoms with Crippen LogP contribution in [-0.4, -0.2) is 56.1 Å². The van der Waals surface area contributed by atoms with Crippen LogP contribution in [0.5, 0.6) is 17.2 Å². The number of ketones is 1. The zero-order valence-corrected chi connectivity index (χ0v) is 21.4. The second-order valence-corrected chi connectivity index (χ2v) is 8.46. The Morgan fingerprint density at radius 1 is 0.868 bits per heavy atom. The fraction of sp³-hybridized carbons (Fsp3) is 0.207. The number of nitrogens with zero attached hydrogens (tertiary/aromatic N) is 1. The average Bonchev–Trinajstić information content (AvgIpc) is 3.21. The number of hydrogen-bond donors (Lipinski definition) is 1. The van der Waals surface area contributed by atoms with E-state index in [1.54, 1.807) is 66.7 Å². The SMILES string of the molecule is COC(=O)c1ccc(CN2C(=O)C(=O)/C(=C(\O)c3ccc(OC)cc3OC)C2c2cccc(OC)c2)cc1. The number of carbonyl (C=O) groups excluding carboxylic acids is 3. The molecule has 1 fully saturated rings. The minimum atomic E-state index is -0.919. The summed E-state index contributed by atoms with van der Waals surface area (Å²) in [5, 5.41) is 11.4. The predicted octanol–water partition coefficient (Wildman–Crippen LogP) is 4.12. The molecule has 0 radical (unpaired) electrons. The van der Waals surface area contributed by atoms with Crippen molar-refractivity contribution >= 4 is 23.4 Å². The fourth-order valence-corrected chi connectivity index (χ4v) is 4.40. The number of likely N-dealkylation sites (tertiary alicyclic amines) is 1. The molecular formula is C29H27NO8. The van der Waals surface area contributed by atoms with E-state index in [1.165, 1.54) is 33.3 Å². The van der Waals surface area contributed by atoms with Crippen molar-refractivity contribution in [2.75, 3.05) is 28.4 Å². The van der Waals surface area contributed by atoms with Crippen LogP contribution in [0.25, 0.3) is 5.76 Å². The van der Waals surface area contributed by atoms with E-state index < -0.39 is 23.7 Å². The summed E-state index contributed by atoms with van der Waals surface area (Å²) in [7, 11) is 5.74. The van der Waals surface area contributed by atoms with Gasteiger partial charge < -0.3 is 29.0 Å². The van der Waals surface area contributed by atoms with Gasteiger partial charge >= 0.3 is 5.97 Å². The van der Waals surface area contributed by atoms with Crippen molar-refractivity contribution in [2.24, 2.45) is 0 Å². The molecule has 0 aliphatic carbocycles. The quantitative estimate of drug-likeness (QED) is 0.206. The molecule has 38 heavy (non-hydrogen) atoms. The molecule has 0 bridgehead atoms. The van der Waals surface area contributed by atoms with E-state index in [0.717, 1.165) is 0 Å². The number of esters is 1. The Labute approximate surface area is 219 Å². The number of aliphatic hydroxyl groups is 1. The minimum Gasteiger partial charge on any atom is -0.507 e. The number of rotatable bonds is 8. The van der Waals surface area contributed by atoms with Crippen LogP contribution in [-0.2, 0) is 20.9 Å². The fourth-order valence-electron chi connectivity index (χ4n) is 4.40. The lowest BCUT2D eigenvalue weighted by Crippen LogP contribution is -2.29. The molecule has 9 nitrogen and oxygen atoms in total. The van der Waals surface area contributed by atoms with Crippen LogP contribution in [0, 0.1) is 0 Å². The molecule has 9 heteroatoms. The lowest BCUT2D eigenvalue weighted by molar-refractivity contribution is -0.140. The van der Waals surface area contributed by atoms with E-state index in [1.807, 2.05) is 0 Å². The molecular weight excluding hydrogens is 490 g/mol. The third kappa shape index (κ3) is 4.90. The molecule has 4 rings (SSSR count). The van der Waals surface area contributed by atoms with E-state index in [9.17, 15) is 19.5 Å². The van der Waals surface area contributed by atoms with Gasteiger partial charge in [0.2, 0.25) is 0 Å². The van der Waals surface area contributed by atoms with Crippen molar-refractivity contribution in [3.8, 4) is 17.2 Å². The van der Waals surface area contributed by atoms with Gasteiger partial charge in [0.05, 0.1) is 51.2 Å². The highest BCUT2D eigenvalue weighted by Gasteiger charge is 2.46. The van der Waals surface area contributed by atoms with Crippen molar-refractivity contribution in [3.63, 3.8) is 0 Å². The van der Waals surface area contributed by atoms with Crippen molar-refractivity contribution in [1.82, 2.24) is 4.90 Å². The molecule has 196 valence electrons. The van der Waals surface area contributed by atoms with Gasteiger partial charge in [0.25, 0.3) is 11.7 Å². The monoisotopic (exact) mass is 517 g/mol. The molecule has 1 aliphatic heterocycles. The van der Waals surface area contributed by atoms with E-state index >= 15 is 0 Å². The highest BCUT2D eigenvalue weighted by molar-refractivity contribution is 6.46. The number of Topliss-reactive ketones (excluding diaryl/α,β-unsaturated/α-hetero) is 1. The summed E-state index contributed by atoms with van der Waals surface area (Å²) in [5.41, 5.74) is 1.76. The van der Waals surface area contributed by atoms with Crippen LogP contribution in [0.3, 0.4) is 0 Å². The van der Waals surface area contributed by atoms with Gasteiger partial charge in [-0.25, -0.2) is 4.79 Å². The van der Waals surface area contributed by atoms with Gasteiger partial charge in [0.15, 0.2) is 0 Å². The van der Waals surface area contributed by atoms with Crippen LogP contribution in [0.4, 0.5) is 0 Å². The number of methoxy groups -OCH3 is 4. The van der Waals surface area contributed by atoms with Gasteiger partial charge in [-0.05, 0) is 47.5 Å². The topological polar surface area (TPSA) is 112 Å². The van der Waals surface area contributed by atoms with E-state index in [4.69, 9.17) is 18.9 Å². The maximum absolute atomic E-state index is 13.4. The first-order valence-corrected chi connectivity index (χ1v) is 11.6. The third-order valence-electron chi connectivity index (χ3n) is 6.34. The predicted molar refractivity (Wildman–Crippen MR) is 138 cm³/mol. The van der Waals surface area contributed by atoms with Crippen LogP contribution >= 0.6 is 0 Å². The molecule has 1 atom stereocenters. The number of ether oxygens (including phenoxy) is 4. The first kappa shape index (κ1) is 26.3. The Morgan fingerprint density at radius 2 is 1.55 bits per heavy atom. The lowest BCUT2D eigenvalue weighted by Gasteiger charge is -2.26. The van der Waals surface area contributed by atoms with Gasteiger partial charge in [0, 0.05) is 12.6 Å². The normalized spacial score (nSPS) is 16.3. The minimum absolute atomic E-state index is 0.0461. The van der Waals surface area contributed by atoms with Gasteiger partial charge in [-0.3, -0.25) is 9.59 Å². The van der Waals surface area contributed by atoms with Crippen molar-refractivity contribution in [3.05, 3.63) is 94.6 Å². The van der Waals surface area contributed by atoms with Crippen molar-refractivity contribution in [1.29, 1.82) is 0 Å². The maximum Gasteiger partial charge on any atom is 0.337 e. The van der Waals surface area contributed by atoms with Crippen LogP contribution in [0.1, 0.15) is 33.1 Å². The highest BCUT2D eigenvalue weighted by atomic mass is 16.5. The van der Waals surface area contributed by atoms with Gasteiger partial charge in [0.1, 0.15) is 23.0 Å². The first-order valence-electron chi connectivity index (χ1n) is 11.6. The number of hydrogen-bond acceptors (Lipinski definition) is 8. The zero-order valence-electron chi connectivity index (χ0n) is 21.4. The van der Waals surface area contributed by atoms with Crippen LogP contribution in [0.15, 0.2) is 72.3 Å². The molecule has 0 spiro atoms. The smallest absolute Gasteiger partial charge is 0.337 e. The van der Waals surface area contributed by atoms with Gasteiger partial charge in [-0.1, -0.05) is 24.3 Å². The molecule has 1 aliphatic rings. The summed E-state index contributed by atoms with van der Waals surface area (Å²) >= 11 is 0. The third-order valence-corrected chi connectivity index (χ3v) is 6.34. The Bertz CT molecular complexity index is 1410. The summed E-state index contributed by atoms with van der Waals surface area (Å²) in [6.45, 7) is 0.0461. The summed E-state index contributed by atoms with van der Waals surface area (Å²) in [4.78, 5) is 39.9. The number of amides is 1. The van der Waals surface area contributed by atoms with Gasteiger partial charge in [-0.15, -0.1) is 0 Å². The molecule has 1 saturated heterocycles. The summed E-state index contributed by atoms with van der Waals surface area (Å²) < 4.78 is 20.8. The van der Waals surface area contributed by atoms with E-state index in [2.05, 4.69) is 0 Å². The molecule has 1 amide bonds. The lowest BCUT2D eigenvalue weighted by atomic mass is 9.94. The maximum atomic E-state index is 13.4. The molecule has 0 saturated carbocycles. The Morgan fingerprint density at radius 3 is 2.18 bits per heavy atom. The Hall–Kier alpha value is -4.79. The summed E-state index contributed by atoms with van der Waals surface area (Å²) in [6.07, 6.45) is 0. The molecule has 1 heterocycles. The Balaban J connectivity index is 1.85. The second kappa shape index (κ2) is 11.1. The standard InChI is InChI=1S/C29H27NO8/c1-35-20-7-5-6-19(14-20)25-24(26(31)22-13-12-21(36-2)15-23(22)37-3)27(32)28(33)30(25)16-17-8-10-18(11-9-17)29(34)38-4/h5-15,25,31H,16H2,1-4H3/b26-24-. The second-order valence-electron chi connectivity index (χ2n) is 8.46. The summed E-state index contributed by atoms with van der Waals surface area (Å²) in [6, 6.07) is 17.3. The molecule has 1 N–H and O–H groups in total. The summed E-state index contributed by atoms with van der Waals surface area (Å²) in [5.74, 6) is -1.17. The van der Waals surface area contributed by atoms with Crippen LogP contribution in [0.2, 0.25) is 0 Å². The van der Waals surface area contributed by atoms with Crippen LogP contribution < -0.4 is 14.2 Å². The first-order chi connectivity index (χ1) is 18.3. The van der Waals surface area contributed by atoms with Gasteiger partial charge in [-0.2, -0.15) is 0 Å². The zero-order chi connectivity index (χ0) is 27.4. The molecule has 1 unspecified atom stereocenters. The Kier molecular flexibility index (Phi) is 7.66. The van der Waals surface area contributed by atoms with E-state index in [0.29, 0.717) is 28.2 Å². The highest BCUT2D eigenvalue weighted by Crippen LogP contribution is 2.42. The van der Waals surface area contributed by atoms with Crippen molar-refractivity contribution in [2.45, 2.75) is 12.6 Å². The number of carbonyl (C=O) groups is 3. The number of benzene rings is 3. The molecule has 0 aromatic heterocycles. The average molecular weight is 518 g/mol. The number of aliphatic hydroxyl groups excluding tert-OH is 1. The van der Waals surface area contributed by atoms with E-state index in [-0.39, 0.29) is 29.2 Å². The molecule has 3 aromatic carbocycles. The molecule has 3 aromatic rings.